The number of imide groups is 1. The Morgan fingerprint density at radius 2 is 1.88 bits per heavy atom. The summed E-state index contributed by atoms with van der Waals surface area (Å²) >= 11 is 0. The Morgan fingerprint density at radius 3 is 2.48 bits per heavy atom. The molecule has 3 aliphatic rings. The van der Waals surface area contributed by atoms with Crippen LogP contribution in [-0.4, -0.2) is 77.4 Å². The van der Waals surface area contributed by atoms with Gasteiger partial charge in [0.1, 0.15) is 12.1 Å². The van der Waals surface area contributed by atoms with Gasteiger partial charge in [0.15, 0.2) is 0 Å². The minimum atomic E-state index is -0.782. The topological polar surface area (TPSA) is 73.0 Å². The molecule has 0 aromatic heterocycles. The van der Waals surface area contributed by atoms with Crippen LogP contribution in [0.5, 0.6) is 0 Å². The van der Waals surface area contributed by atoms with Crippen molar-refractivity contribution in [1.29, 1.82) is 0 Å². The Bertz CT molecular complexity index is 596. The summed E-state index contributed by atoms with van der Waals surface area (Å²) in [5.74, 6) is 2.77. The van der Waals surface area contributed by atoms with Gasteiger partial charge in [0.05, 0.1) is 6.54 Å². The summed E-state index contributed by atoms with van der Waals surface area (Å²) in [6.45, 7) is 5.16. The molecule has 4 amide bonds. The average Bonchev–Trinajstić information content (AvgIpc) is 2.83. The minimum Gasteiger partial charge on any atom is -0.339 e. The zero-order valence-electron chi connectivity index (χ0n) is 14.8. The van der Waals surface area contributed by atoms with Crippen molar-refractivity contribution in [2.45, 2.75) is 38.1 Å². The first-order chi connectivity index (χ1) is 11.9. The summed E-state index contributed by atoms with van der Waals surface area (Å²) < 4.78 is 0. The highest BCUT2D eigenvalue weighted by Gasteiger charge is 2.52. The van der Waals surface area contributed by atoms with Crippen LogP contribution in [0.15, 0.2) is 0 Å². The molecular formula is C18H26N4O3. The van der Waals surface area contributed by atoms with Crippen molar-refractivity contribution in [3.05, 3.63) is 0 Å². The summed E-state index contributed by atoms with van der Waals surface area (Å²) in [5, 5.41) is 2.86. The van der Waals surface area contributed by atoms with Crippen molar-refractivity contribution in [1.82, 2.24) is 20.0 Å². The number of urea groups is 1. The van der Waals surface area contributed by atoms with Crippen molar-refractivity contribution in [3.63, 3.8) is 0 Å². The number of piperazine rings is 1. The third-order valence-corrected chi connectivity index (χ3v) is 5.71. The Labute approximate surface area is 148 Å². The van der Waals surface area contributed by atoms with E-state index in [0.29, 0.717) is 38.4 Å². The first-order valence-corrected chi connectivity index (χ1v) is 9.03. The lowest BCUT2D eigenvalue weighted by Crippen LogP contribution is -2.52. The summed E-state index contributed by atoms with van der Waals surface area (Å²) in [6, 6.07) is -0.432. The van der Waals surface area contributed by atoms with Gasteiger partial charge in [-0.15, -0.1) is 6.42 Å². The smallest absolute Gasteiger partial charge is 0.325 e. The maximum atomic E-state index is 12.8. The van der Waals surface area contributed by atoms with Gasteiger partial charge in [-0.3, -0.25) is 19.4 Å². The summed E-state index contributed by atoms with van der Waals surface area (Å²) in [5.41, 5.74) is -0.782. The van der Waals surface area contributed by atoms with Gasteiger partial charge >= 0.3 is 6.03 Å². The van der Waals surface area contributed by atoms with Crippen molar-refractivity contribution in [2.24, 2.45) is 5.92 Å². The van der Waals surface area contributed by atoms with E-state index in [4.69, 9.17) is 6.42 Å². The molecule has 0 radical (unpaired) electrons. The molecular weight excluding hydrogens is 320 g/mol. The summed E-state index contributed by atoms with van der Waals surface area (Å²) in [7, 11) is 0. The van der Waals surface area contributed by atoms with Crippen LogP contribution in [0.3, 0.4) is 0 Å². The lowest BCUT2D eigenvalue weighted by molar-refractivity contribution is -0.140. The van der Waals surface area contributed by atoms with Crippen LogP contribution in [-0.2, 0) is 9.59 Å². The normalized spacial score (nSPS) is 30.5. The molecule has 136 valence electrons. The van der Waals surface area contributed by atoms with Gasteiger partial charge in [-0.2, -0.15) is 0 Å². The Balaban J connectivity index is 1.58. The van der Waals surface area contributed by atoms with E-state index in [-0.39, 0.29) is 18.4 Å². The largest absolute Gasteiger partial charge is 0.339 e. The van der Waals surface area contributed by atoms with Gasteiger partial charge in [0.25, 0.3) is 5.91 Å². The molecule has 1 spiro atoms. The van der Waals surface area contributed by atoms with Crippen LogP contribution in [0.25, 0.3) is 0 Å². The number of nitrogens with zero attached hydrogens (tertiary/aromatic N) is 3. The molecule has 2 heterocycles. The highest BCUT2D eigenvalue weighted by atomic mass is 16.2. The van der Waals surface area contributed by atoms with Crippen molar-refractivity contribution in [2.75, 3.05) is 39.3 Å². The van der Waals surface area contributed by atoms with Gasteiger partial charge in [-0.25, -0.2) is 4.79 Å². The number of amides is 4. The predicted octanol–water partition coefficient (Wildman–Crippen LogP) is 0.265. The Kier molecular flexibility index (Phi) is 5.00. The molecule has 0 bridgehead atoms. The highest BCUT2D eigenvalue weighted by Crippen LogP contribution is 2.36. The van der Waals surface area contributed by atoms with Crippen molar-refractivity contribution in [3.8, 4) is 12.3 Å². The number of rotatable bonds is 3. The second kappa shape index (κ2) is 7.04. The van der Waals surface area contributed by atoms with E-state index in [1.165, 1.54) is 0 Å². The molecule has 3 rings (SSSR count). The van der Waals surface area contributed by atoms with Crippen LogP contribution in [0, 0.1) is 18.3 Å². The molecule has 1 saturated carbocycles. The van der Waals surface area contributed by atoms with Crippen molar-refractivity contribution >= 4 is 17.8 Å². The number of hydrogen-bond donors (Lipinski definition) is 1. The predicted molar refractivity (Wildman–Crippen MR) is 92.5 cm³/mol. The quantitative estimate of drug-likeness (QED) is 0.588. The van der Waals surface area contributed by atoms with E-state index in [0.717, 1.165) is 30.8 Å². The molecule has 2 saturated heterocycles. The molecule has 7 nitrogen and oxygen atoms in total. The Hall–Kier alpha value is -2.07. The number of nitrogens with one attached hydrogen (secondary N) is 1. The van der Waals surface area contributed by atoms with Crippen LogP contribution < -0.4 is 5.32 Å². The van der Waals surface area contributed by atoms with Gasteiger partial charge in [-0.05, 0) is 31.6 Å². The SMILES string of the molecule is C#CCN1CCN(C(=O)CN2C(=O)NC3(CCC(C)CC3)C2=O)CC1. The molecule has 3 fully saturated rings. The zero-order valence-corrected chi connectivity index (χ0v) is 14.8. The molecule has 1 aliphatic carbocycles. The average molecular weight is 346 g/mol. The number of carbonyl (C=O) groups is 3. The van der Waals surface area contributed by atoms with Gasteiger partial charge < -0.3 is 10.2 Å². The summed E-state index contributed by atoms with van der Waals surface area (Å²) in [4.78, 5) is 42.5. The molecule has 0 aromatic carbocycles. The Morgan fingerprint density at radius 1 is 1.24 bits per heavy atom. The fourth-order valence-corrected chi connectivity index (χ4v) is 3.93. The van der Waals surface area contributed by atoms with E-state index in [9.17, 15) is 14.4 Å². The maximum absolute atomic E-state index is 12.8. The summed E-state index contributed by atoms with van der Waals surface area (Å²) in [6.07, 6.45) is 8.47. The zero-order chi connectivity index (χ0) is 18.0. The van der Waals surface area contributed by atoms with Gasteiger partial charge in [-0.1, -0.05) is 12.8 Å². The van der Waals surface area contributed by atoms with Crippen LogP contribution in [0.4, 0.5) is 4.79 Å². The van der Waals surface area contributed by atoms with E-state index in [1.807, 2.05) is 0 Å². The van der Waals surface area contributed by atoms with Gasteiger partial charge in [0, 0.05) is 26.2 Å². The third kappa shape index (κ3) is 3.49. The standard InChI is InChI=1S/C18H26N4O3/c1-3-8-20-9-11-21(12-10-20)15(23)13-22-16(24)18(19-17(22)25)6-4-14(2)5-7-18/h1,14H,4-13H2,2H3,(H,19,25). The van der Waals surface area contributed by atoms with E-state index < -0.39 is 11.6 Å². The van der Waals surface area contributed by atoms with Crippen LogP contribution >= 0.6 is 0 Å². The van der Waals surface area contributed by atoms with E-state index in [1.54, 1.807) is 4.90 Å². The fraction of sp³-hybridized carbons (Fsp3) is 0.722. The lowest BCUT2D eigenvalue weighted by Gasteiger charge is -2.35. The fourth-order valence-electron chi connectivity index (χ4n) is 3.93. The molecule has 2 aliphatic heterocycles. The first-order valence-electron chi connectivity index (χ1n) is 9.03. The molecule has 0 unspecified atom stereocenters. The number of terminal acetylenes is 1. The minimum absolute atomic E-state index is 0.170. The highest BCUT2D eigenvalue weighted by molar-refractivity contribution is 6.09. The lowest BCUT2D eigenvalue weighted by atomic mass is 9.77. The maximum Gasteiger partial charge on any atom is 0.325 e. The van der Waals surface area contributed by atoms with Crippen LogP contribution in [0.2, 0.25) is 0 Å². The molecule has 0 aromatic rings. The molecule has 0 atom stereocenters. The monoisotopic (exact) mass is 346 g/mol. The number of hydrogen-bond acceptors (Lipinski definition) is 4. The number of carbonyl (C=O) groups excluding carboxylic acids is 3. The van der Waals surface area contributed by atoms with E-state index >= 15 is 0 Å². The van der Waals surface area contributed by atoms with Crippen LogP contribution in [0.1, 0.15) is 32.6 Å². The second-order valence-corrected chi connectivity index (χ2v) is 7.45. The second-order valence-electron chi connectivity index (χ2n) is 7.45. The van der Waals surface area contributed by atoms with Gasteiger partial charge in [0.2, 0.25) is 5.91 Å². The van der Waals surface area contributed by atoms with Crippen molar-refractivity contribution < 1.29 is 14.4 Å². The molecule has 1 N–H and O–H groups in total. The first kappa shape index (κ1) is 17.7. The molecule has 25 heavy (non-hydrogen) atoms. The van der Waals surface area contributed by atoms with E-state index in [2.05, 4.69) is 23.1 Å². The molecule has 7 heteroatoms. The third-order valence-electron chi connectivity index (χ3n) is 5.71.